The molecular formula is C41H64N6O11. The number of nitrogens with zero attached hydrogens (tertiary/aromatic N) is 1. The van der Waals surface area contributed by atoms with Gasteiger partial charge < -0.3 is 41.6 Å². The molecule has 1 aromatic carbocycles. The van der Waals surface area contributed by atoms with E-state index < -0.39 is 114 Å². The van der Waals surface area contributed by atoms with Crippen LogP contribution in [0.5, 0.6) is 0 Å². The molecule has 6 amide bonds. The lowest BCUT2D eigenvalue weighted by atomic mass is 9.84. The Labute approximate surface area is 341 Å². The van der Waals surface area contributed by atoms with E-state index in [-0.39, 0.29) is 18.0 Å². The molecule has 0 radical (unpaired) electrons. The number of benzene rings is 1. The summed E-state index contributed by atoms with van der Waals surface area (Å²) < 4.78 is 0. The molecule has 0 aliphatic carbocycles. The fraction of sp³-hybridized carbons (Fsp3) is 0.634. The highest BCUT2D eigenvalue weighted by atomic mass is 16.4. The molecule has 0 aliphatic heterocycles. The zero-order valence-electron chi connectivity index (χ0n) is 35.5. The summed E-state index contributed by atoms with van der Waals surface area (Å²) in [5.41, 5.74) is -2.45. The van der Waals surface area contributed by atoms with Gasteiger partial charge >= 0.3 is 11.9 Å². The van der Waals surface area contributed by atoms with E-state index in [1.54, 1.807) is 65.0 Å². The molecule has 324 valence electrons. The number of carboxylic acid groups (broad SMARTS) is 2. The summed E-state index contributed by atoms with van der Waals surface area (Å²) in [6, 6.07) is 2.04. The molecule has 58 heavy (non-hydrogen) atoms. The molecule has 0 aromatic heterocycles. The Morgan fingerprint density at radius 1 is 0.741 bits per heavy atom. The third-order valence-corrected chi connectivity index (χ3v) is 9.28. The van der Waals surface area contributed by atoms with E-state index in [0.717, 1.165) is 11.3 Å². The number of unbranched alkanes of at least 4 members (excludes halogenated alkanes) is 1. The van der Waals surface area contributed by atoms with Crippen molar-refractivity contribution in [3.05, 3.63) is 30.3 Å². The largest absolute Gasteiger partial charge is 0.481 e. The second-order valence-electron chi connectivity index (χ2n) is 16.8. The van der Waals surface area contributed by atoms with E-state index in [4.69, 9.17) is 5.11 Å². The average molecular weight is 817 g/mol. The minimum Gasteiger partial charge on any atom is -0.481 e. The molecule has 0 heterocycles. The van der Waals surface area contributed by atoms with Gasteiger partial charge in [-0.2, -0.15) is 0 Å². The van der Waals surface area contributed by atoms with Crippen LogP contribution in [0, 0.1) is 17.3 Å². The van der Waals surface area contributed by atoms with Crippen LogP contribution in [-0.4, -0.2) is 99.6 Å². The van der Waals surface area contributed by atoms with Crippen LogP contribution in [0.25, 0.3) is 0 Å². The number of para-hydroxylation sites is 1. The minimum atomic E-state index is -1.77. The Balaban J connectivity index is 3.58. The van der Waals surface area contributed by atoms with E-state index in [0.29, 0.717) is 19.1 Å². The summed E-state index contributed by atoms with van der Waals surface area (Å²) in [6.07, 6.45) is 0.929. The highest BCUT2D eigenvalue weighted by Gasteiger charge is 2.46. The van der Waals surface area contributed by atoms with Crippen LogP contribution in [0.15, 0.2) is 30.3 Å². The van der Waals surface area contributed by atoms with Gasteiger partial charge in [-0.15, -0.1) is 0 Å². The average Bonchev–Trinajstić information content (AvgIpc) is 3.11. The molecule has 7 N–H and O–H groups in total. The Hall–Kier alpha value is -5.35. The number of aliphatic carboxylic acids is 2. The maximum absolute atomic E-state index is 14.6. The Kier molecular flexibility index (Phi) is 20.2. The standard InChI is InChI=1S/C41H64N6O11/c1-11-12-16-26(23-48)42-35(54)28(21-24(2)3)44-37(56)34(40(6,7)8)46-39(58)41(9,10)47(27-17-14-13-15-18-27)38(57)33(25(4)5)45-36(55)29(22-32(52)53)43-30(49)19-20-31(50)51/h13-15,17-18,23-26,28-29,33-34H,11-12,16,19-22H2,1-10H3,(H,42,54)(H,43,49)(H,44,56)(H,45,55)(H,46,58)(H,50,51)(H,52,53)/t26-,28-,29-,33+,34+/m0/s1. The van der Waals surface area contributed by atoms with Crippen LogP contribution in [0.1, 0.15) is 114 Å². The van der Waals surface area contributed by atoms with Gasteiger partial charge in [-0.3, -0.25) is 43.3 Å². The maximum atomic E-state index is 14.6. The number of aldehydes is 1. The summed E-state index contributed by atoms with van der Waals surface area (Å²) in [7, 11) is 0. The van der Waals surface area contributed by atoms with E-state index in [1.165, 1.54) is 13.8 Å². The number of hydrogen-bond acceptors (Lipinski definition) is 9. The van der Waals surface area contributed by atoms with Gasteiger partial charge in [0.15, 0.2) is 0 Å². The predicted octanol–water partition coefficient (Wildman–Crippen LogP) is 2.70. The van der Waals surface area contributed by atoms with Crippen molar-refractivity contribution < 1.29 is 53.4 Å². The van der Waals surface area contributed by atoms with Gasteiger partial charge in [0.05, 0.1) is 18.9 Å². The zero-order valence-corrected chi connectivity index (χ0v) is 35.5. The number of nitrogens with one attached hydrogen (secondary N) is 5. The quantitative estimate of drug-likeness (QED) is 0.0747. The van der Waals surface area contributed by atoms with Crippen LogP contribution in [-0.2, 0) is 43.2 Å². The van der Waals surface area contributed by atoms with Crippen molar-refractivity contribution in [2.75, 3.05) is 4.90 Å². The van der Waals surface area contributed by atoms with Crippen molar-refractivity contribution in [2.24, 2.45) is 17.3 Å². The van der Waals surface area contributed by atoms with E-state index in [9.17, 15) is 48.3 Å². The van der Waals surface area contributed by atoms with Gasteiger partial charge in [-0.25, -0.2) is 0 Å². The number of rotatable bonds is 24. The normalized spacial score (nSPS) is 14.2. The molecule has 0 spiro atoms. The molecule has 0 saturated heterocycles. The third kappa shape index (κ3) is 16.3. The van der Waals surface area contributed by atoms with Gasteiger partial charge in [0.2, 0.25) is 29.5 Å². The van der Waals surface area contributed by atoms with E-state index in [2.05, 4.69) is 26.6 Å². The first-order valence-electron chi connectivity index (χ1n) is 19.7. The minimum absolute atomic E-state index is 0.0320. The van der Waals surface area contributed by atoms with Crippen molar-refractivity contribution in [3.63, 3.8) is 0 Å². The van der Waals surface area contributed by atoms with E-state index in [1.807, 2.05) is 20.8 Å². The highest BCUT2D eigenvalue weighted by molar-refractivity contribution is 6.07. The van der Waals surface area contributed by atoms with Gasteiger partial charge in [-0.05, 0) is 56.1 Å². The lowest BCUT2D eigenvalue weighted by molar-refractivity contribution is -0.142. The molecule has 0 aliphatic rings. The lowest BCUT2D eigenvalue weighted by Crippen LogP contribution is -2.66. The number of anilines is 1. The number of carbonyl (C=O) groups is 9. The Morgan fingerprint density at radius 3 is 1.81 bits per heavy atom. The summed E-state index contributed by atoms with van der Waals surface area (Å²) in [6.45, 7) is 17.0. The van der Waals surface area contributed by atoms with Crippen molar-refractivity contribution in [2.45, 2.75) is 150 Å². The summed E-state index contributed by atoms with van der Waals surface area (Å²) in [5, 5.41) is 31.4. The molecule has 17 nitrogen and oxygen atoms in total. The summed E-state index contributed by atoms with van der Waals surface area (Å²) >= 11 is 0. The van der Waals surface area contributed by atoms with Gasteiger partial charge in [-0.1, -0.05) is 86.4 Å². The van der Waals surface area contributed by atoms with Crippen LogP contribution in [0.2, 0.25) is 0 Å². The monoisotopic (exact) mass is 816 g/mol. The van der Waals surface area contributed by atoms with Gasteiger partial charge in [0, 0.05) is 12.1 Å². The van der Waals surface area contributed by atoms with Crippen molar-refractivity contribution in [1.82, 2.24) is 26.6 Å². The first-order chi connectivity index (χ1) is 26.9. The van der Waals surface area contributed by atoms with Crippen LogP contribution in [0.4, 0.5) is 5.69 Å². The SMILES string of the molecule is CCCC[C@@H](C=O)NC(=O)[C@H](CC(C)C)NC(=O)[C@@H](NC(=O)C(C)(C)N(C(=O)[C@H](NC(=O)[C@H](CC(=O)O)NC(=O)CCC(=O)O)C(C)C)c1ccccc1)C(C)(C)C. The van der Waals surface area contributed by atoms with Gasteiger partial charge in [0.1, 0.15) is 36.0 Å². The van der Waals surface area contributed by atoms with Gasteiger partial charge in [0.25, 0.3) is 5.91 Å². The fourth-order valence-electron chi connectivity index (χ4n) is 6.00. The van der Waals surface area contributed by atoms with Crippen molar-refractivity contribution in [3.8, 4) is 0 Å². The zero-order chi connectivity index (χ0) is 44.5. The predicted molar refractivity (Wildman–Crippen MR) is 216 cm³/mol. The maximum Gasteiger partial charge on any atom is 0.305 e. The second-order valence-corrected chi connectivity index (χ2v) is 16.8. The molecule has 0 bridgehead atoms. The second kappa shape index (κ2) is 23.2. The Bertz CT molecular complexity index is 1610. The molecule has 0 unspecified atom stereocenters. The van der Waals surface area contributed by atoms with Crippen molar-refractivity contribution >= 4 is 59.4 Å². The number of carbonyl (C=O) groups excluding carboxylic acids is 7. The molecule has 5 atom stereocenters. The Morgan fingerprint density at radius 2 is 1.33 bits per heavy atom. The van der Waals surface area contributed by atoms with E-state index >= 15 is 0 Å². The smallest absolute Gasteiger partial charge is 0.305 e. The fourth-order valence-corrected chi connectivity index (χ4v) is 6.00. The lowest BCUT2D eigenvalue weighted by Gasteiger charge is -2.42. The topological polar surface area (TPSA) is 257 Å². The molecule has 0 saturated carbocycles. The molecule has 0 fully saturated rings. The molecule has 1 rings (SSSR count). The van der Waals surface area contributed by atoms with Crippen molar-refractivity contribution in [1.29, 1.82) is 0 Å². The first kappa shape index (κ1) is 50.7. The van der Waals surface area contributed by atoms with Crippen LogP contribution in [0.3, 0.4) is 0 Å². The number of hydrogen-bond donors (Lipinski definition) is 7. The first-order valence-corrected chi connectivity index (χ1v) is 19.7. The molecular weight excluding hydrogens is 752 g/mol. The highest BCUT2D eigenvalue weighted by Crippen LogP contribution is 2.29. The molecule has 1 aromatic rings. The number of carboxylic acids is 2. The molecule has 17 heteroatoms. The summed E-state index contributed by atoms with van der Waals surface area (Å²) in [5.74, 6) is -8.06. The number of amides is 6. The third-order valence-electron chi connectivity index (χ3n) is 9.28. The van der Waals surface area contributed by atoms with Crippen LogP contribution < -0.4 is 31.5 Å². The summed E-state index contributed by atoms with van der Waals surface area (Å²) in [4.78, 5) is 118. The van der Waals surface area contributed by atoms with Crippen LogP contribution >= 0.6 is 0 Å².